The standard InChI is InChI=1S/C31H39N3O5S/c1-6-27(31(36)32-20-23(2)3)33(21-25-15-11-10-14-24(25)4)30(35)22-34(28-18-12-13-19-29(28)39-5)40(37,38)26-16-8-7-9-17-26/h7-19,23,27H,6,20-22H2,1-5H3,(H,32,36)/t27-/m0/s1. The molecule has 0 radical (unpaired) electrons. The summed E-state index contributed by atoms with van der Waals surface area (Å²) < 4.78 is 34.4. The molecule has 3 aromatic carbocycles. The Morgan fingerprint density at radius 1 is 0.925 bits per heavy atom. The van der Waals surface area contributed by atoms with Crippen molar-refractivity contribution in [1.29, 1.82) is 0 Å². The largest absolute Gasteiger partial charge is 0.495 e. The van der Waals surface area contributed by atoms with Crippen LogP contribution in [0.2, 0.25) is 0 Å². The normalized spacial score (nSPS) is 12.1. The van der Waals surface area contributed by atoms with Crippen LogP contribution < -0.4 is 14.4 Å². The maximum atomic E-state index is 14.2. The minimum absolute atomic E-state index is 0.0425. The van der Waals surface area contributed by atoms with Crippen LogP contribution in [0, 0.1) is 12.8 Å². The highest BCUT2D eigenvalue weighted by Crippen LogP contribution is 2.32. The maximum absolute atomic E-state index is 14.2. The fraction of sp³-hybridized carbons (Fsp3) is 0.355. The predicted molar refractivity (Wildman–Crippen MR) is 158 cm³/mol. The van der Waals surface area contributed by atoms with E-state index in [1.165, 1.54) is 24.1 Å². The summed E-state index contributed by atoms with van der Waals surface area (Å²) in [4.78, 5) is 29.0. The lowest BCUT2D eigenvalue weighted by Gasteiger charge is -2.34. The molecular weight excluding hydrogens is 526 g/mol. The average Bonchev–Trinajstić information content (AvgIpc) is 2.95. The number of benzene rings is 3. The van der Waals surface area contributed by atoms with Crippen molar-refractivity contribution in [3.63, 3.8) is 0 Å². The van der Waals surface area contributed by atoms with Crippen LogP contribution in [0.25, 0.3) is 0 Å². The third-order valence-electron chi connectivity index (χ3n) is 6.64. The Morgan fingerprint density at radius 3 is 2.17 bits per heavy atom. The number of para-hydroxylation sites is 2. The zero-order chi connectivity index (χ0) is 29.3. The van der Waals surface area contributed by atoms with Gasteiger partial charge in [-0.05, 0) is 54.7 Å². The molecule has 3 rings (SSSR count). The zero-order valence-electron chi connectivity index (χ0n) is 23.8. The van der Waals surface area contributed by atoms with Crippen molar-refractivity contribution in [3.8, 4) is 5.75 Å². The van der Waals surface area contributed by atoms with Crippen LogP contribution >= 0.6 is 0 Å². The lowest BCUT2D eigenvalue weighted by molar-refractivity contribution is -0.140. The molecule has 0 aromatic heterocycles. The van der Waals surface area contributed by atoms with Crippen LogP contribution in [0.15, 0.2) is 83.8 Å². The van der Waals surface area contributed by atoms with Gasteiger partial charge in [0.05, 0.1) is 17.7 Å². The van der Waals surface area contributed by atoms with E-state index >= 15 is 0 Å². The number of rotatable bonds is 13. The first-order chi connectivity index (χ1) is 19.1. The predicted octanol–water partition coefficient (Wildman–Crippen LogP) is 4.78. The number of anilines is 1. The summed E-state index contributed by atoms with van der Waals surface area (Å²) in [7, 11) is -2.72. The quantitative estimate of drug-likeness (QED) is 0.322. The molecule has 0 saturated carbocycles. The number of carbonyl (C=O) groups is 2. The van der Waals surface area contributed by atoms with E-state index < -0.39 is 28.5 Å². The molecule has 40 heavy (non-hydrogen) atoms. The highest BCUT2D eigenvalue weighted by atomic mass is 32.2. The molecule has 1 atom stereocenters. The van der Waals surface area contributed by atoms with Crippen LogP contribution in [0.5, 0.6) is 5.75 Å². The molecule has 0 aliphatic heterocycles. The summed E-state index contributed by atoms with van der Waals surface area (Å²) in [5.74, 6) is -0.228. The topological polar surface area (TPSA) is 96.0 Å². The molecule has 0 unspecified atom stereocenters. The Morgan fingerprint density at radius 2 is 1.55 bits per heavy atom. The first-order valence-corrected chi connectivity index (χ1v) is 14.9. The molecule has 9 heteroatoms. The summed E-state index contributed by atoms with van der Waals surface area (Å²) in [6, 6.07) is 21.5. The van der Waals surface area contributed by atoms with E-state index in [-0.39, 0.29) is 29.0 Å². The first kappa shape index (κ1) is 30.7. The van der Waals surface area contributed by atoms with Crippen molar-refractivity contribution in [3.05, 3.63) is 90.0 Å². The van der Waals surface area contributed by atoms with E-state index in [2.05, 4.69) is 5.32 Å². The molecular formula is C31H39N3O5S. The number of methoxy groups -OCH3 is 1. The number of ether oxygens (including phenoxy) is 1. The fourth-order valence-electron chi connectivity index (χ4n) is 4.38. The van der Waals surface area contributed by atoms with Gasteiger partial charge in [0.25, 0.3) is 10.0 Å². The molecule has 0 aliphatic rings. The number of carbonyl (C=O) groups excluding carboxylic acids is 2. The molecule has 3 aromatic rings. The molecule has 0 saturated heterocycles. The Hall–Kier alpha value is -3.85. The highest BCUT2D eigenvalue weighted by molar-refractivity contribution is 7.92. The van der Waals surface area contributed by atoms with Crippen LogP contribution in [0.3, 0.4) is 0 Å². The Balaban J connectivity index is 2.08. The summed E-state index contributed by atoms with van der Waals surface area (Å²) in [5, 5.41) is 2.94. The van der Waals surface area contributed by atoms with Gasteiger partial charge in [0.1, 0.15) is 18.3 Å². The van der Waals surface area contributed by atoms with Crippen molar-refractivity contribution in [2.75, 3.05) is 24.5 Å². The summed E-state index contributed by atoms with van der Waals surface area (Å²) in [6.45, 7) is 7.89. The zero-order valence-corrected chi connectivity index (χ0v) is 24.6. The average molecular weight is 566 g/mol. The second-order valence-electron chi connectivity index (χ2n) is 10.0. The van der Waals surface area contributed by atoms with Gasteiger partial charge in [-0.15, -0.1) is 0 Å². The molecule has 8 nitrogen and oxygen atoms in total. The van der Waals surface area contributed by atoms with Gasteiger partial charge in [-0.2, -0.15) is 0 Å². The van der Waals surface area contributed by atoms with Gasteiger partial charge in [0, 0.05) is 13.1 Å². The van der Waals surface area contributed by atoms with Crippen LogP contribution in [0.1, 0.15) is 38.3 Å². The van der Waals surface area contributed by atoms with E-state index in [4.69, 9.17) is 4.74 Å². The van der Waals surface area contributed by atoms with E-state index in [0.717, 1.165) is 15.4 Å². The SMILES string of the molecule is CC[C@@H](C(=O)NCC(C)C)N(Cc1ccccc1C)C(=O)CN(c1ccccc1OC)S(=O)(=O)c1ccccc1. The van der Waals surface area contributed by atoms with Crippen molar-refractivity contribution in [1.82, 2.24) is 10.2 Å². The molecule has 0 spiro atoms. The Bertz CT molecular complexity index is 1390. The number of sulfonamides is 1. The van der Waals surface area contributed by atoms with Gasteiger partial charge >= 0.3 is 0 Å². The summed E-state index contributed by atoms with van der Waals surface area (Å²) in [6.07, 6.45) is 0.363. The van der Waals surface area contributed by atoms with E-state index in [1.54, 1.807) is 42.5 Å². The van der Waals surface area contributed by atoms with Gasteiger partial charge in [0.2, 0.25) is 11.8 Å². The number of nitrogens with one attached hydrogen (secondary N) is 1. The fourth-order valence-corrected chi connectivity index (χ4v) is 5.83. The van der Waals surface area contributed by atoms with Crippen molar-refractivity contribution < 1.29 is 22.7 Å². The van der Waals surface area contributed by atoms with Crippen molar-refractivity contribution in [2.24, 2.45) is 5.92 Å². The van der Waals surface area contributed by atoms with Crippen LogP contribution in [-0.4, -0.2) is 51.4 Å². The molecule has 0 heterocycles. The second-order valence-corrected chi connectivity index (χ2v) is 11.9. The molecule has 0 aliphatic carbocycles. The van der Waals surface area contributed by atoms with E-state index in [0.29, 0.717) is 18.7 Å². The number of hydrogen-bond acceptors (Lipinski definition) is 5. The van der Waals surface area contributed by atoms with Crippen LogP contribution in [-0.2, 0) is 26.2 Å². The Kier molecular flexibility index (Phi) is 10.7. The summed E-state index contributed by atoms with van der Waals surface area (Å²) in [5.41, 5.74) is 2.08. The van der Waals surface area contributed by atoms with Gasteiger partial charge in [0.15, 0.2) is 0 Å². The third-order valence-corrected chi connectivity index (χ3v) is 8.41. The first-order valence-electron chi connectivity index (χ1n) is 13.4. The highest BCUT2D eigenvalue weighted by Gasteiger charge is 2.34. The lowest BCUT2D eigenvalue weighted by Crippen LogP contribution is -2.52. The van der Waals surface area contributed by atoms with Crippen molar-refractivity contribution >= 4 is 27.5 Å². The van der Waals surface area contributed by atoms with Gasteiger partial charge in [-0.1, -0.05) is 75.4 Å². The number of aryl methyl sites for hydroxylation is 1. The second kappa shape index (κ2) is 14.0. The molecule has 0 fully saturated rings. The Labute approximate surface area is 238 Å². The molecule has 214 valence electrons. The van der Waals surface area contributed by atoms with E-state index in [1.807, 2.05) is 52.0 Å². The lowest BCUT2D eigenvalue weighted by atomic mass is 10.1. The molecule has 1 N–H and O–H groups in total. The monoisotopic (exact) mass is 565 g/mol. The van der Waals surface area contributed by atoms with E-state index in [9.17, 15) is 18.0 Å². The number of amides is 2. The van der Waals surface area contributed by atoms with Crippen molar-refractivity contribution in [2.45, 2.75) is 51.6 Å². The van der Waals surface area contributed by atoms with Gasteiger partial charge in [-0.3, -0.25) is 13.9 Å². The maximum Gasteiger partial charge on any atom is 0.264 e. The third kappa shape index (κ3) is 7.41. The van der Waals surface area contributed by atoms with Gasteiger partial charge < -0.3 is 15.0 Å². The van der Waals surface area contributed by atoms with Crippen LogP contribution in [0.4, 0.5) is 5.69 Å². The minimum Gasteiger partial charge on any atom is -0.495 e. The molecule has 0 bridgehead atoms. The molecule has 2 amide bonds. The minimum atomic E-state index is -4.17. The van der Waals surface area contributed by atoms with Gasteiger partial charge in [-0.25, -0.2) is 8.42 Å². The summed E-state index contributed by atoms with van der Waals surface area (Å²) >= 11 is 0. The number of nitrogens with zero attached hydrogens (tertiary/aromatic N) is 2. The number of hydrogen-bond donors (Lipinski definition) is 1. The smallest absolute Gasteiger partial charge is 0.264 e.